The Kier molecular flexibility index (Phi) is 7.50. The number of imidazole rings is 1. The molecule has 32 heavy (non-hydrogen) atoms. The number of halogens is 3. The topological polar surface area (TPSA) is 85.6 Å². The third-order valence-electron chi connectivity index (χ3n) is 4.26. The van der Waals surface area contributed by atoms with E-state index in [-0.39, 0.29) is 31.1 Å². The Morgan fingerprint density at radius 3 is 2.62 bits per heavy atom. The maximum Gasteiger partial charge on any atom is 0.249 e. The van der Waals surface area contributed by atoms with Crippen LogP contribution in [0.2, 0.25) is 0 Å². The fourth-order valence-corrected chi connectivity index (χ4v) is 2.83. The van der Waals surface area contributed by atoms with E-state index < -0.39 is 23.4 Å². The van der Waals surface area contributed by atoms with Crippen molar-refractivity contribution < 1.29 is 32.5 Å². The van der Waals surface area contributed by atoms with Gasteiger partial charge in [-0.2, -0.15) is 0 Å². The lowest BCUT2D eigenvalue weighted by Gasteiger charge is -2.10. The van der Waals surface area contributed by atoms with Crippen LogP contribution in [0.25, 0.3) is 6.08 Å². The molecule has 0 fully saturated rings. The van der Waals surface area contributed by atoms with E-state index in [9.17, 15) is 18.0 Å². The van der Waals surface area contributed by atoms with Gasteiger partial charge < -0.3 is 24.5 Å². The first kappa shape index (κ1) is 22.9. The minimum atomic E-state index is -1.52. The Morgan fingerprint density at radius 1 is 1.19 bits per heavy atom. The highest BCUT2D eigenvalue weighted by Gasteiger charge is 2.11. The number of nitrogens with zero attached hydrogens (tertiary/aromatic N) is 2. The molecular weight excluding hydrogens is 427 g/mol. The number of rotatable bonds is 9. The van der Waals surface area contributed by atoms with Gasteiger partial charge in [0.05, 0.1) is 20.0 Å². The van der Waals surface area contributed by atoms with E-state index in [1.165, 1.54) is 30.3 Å². The number of ether oxygens (including phenoxy) is 2. The van der Waals surface area contributed by atoms with Gasteiger partial charge in [-0.1, -0.05) is 6.07 Å². The van der Waals surface area contributed by atoms with Crippen molar-refractivity contribution in [1.29, 1.82) is 0 Å². The van der Waals surface area contributed by atoms with Crippen molar-refractivity contribution in [3.63, 3.8) is 0 Å². The molecule has 0 radical (unpaired) electrons. The second-order valence-corrected chi connectivity index (χ2v) is 6.61. The Hall–Kier alpha value is -3.79. The minimum absolute atomic E-state index is 0.0370. The number of benzene rings is 2. The molecule has 168 valence electrons. The fourth-order valence-electron chi connectivity index (χ4n) is 2.83. The molecule has 0 aliphatic heterocycles. The molecule has 0 aliphatic rings. The number of hydrogen-bond donors (Lipinski definition) is 2. The summed E-state index contributed by atoms with van der Waals surface area (Å²) in [6.07, 6.45) is 5.69. The van der Waals surface area contributed by atoms with Crippen LogP contribution in [-0.4, -0.2) is 40.9 Å². The molecule has 0 aliphatic carbocycles. The normalized spacial score (nSPS) is 11.0. The zero-order valence-electron chi connectivity index (χ0n) is 17.0. The highest BCUT2D eigenvalue weighted by atomic mass is 19.2. The number of nitrogens with one attached hydrogen (secondary N) is 1. The summed E-state index contributed by atoms with van der Waals surface area (Å²) in [6.45, 7) is -0.0114. The van der Waals surface area contributed by atoms with Crippen molar-refractivity contribution in [2.75, 3.05) is 25.6 Å². The molecule has 0 spiro atoms. The van der Waals surface area contributed by atoms with E-state index >= 15 is 0 Å². The Labute approximate surface area is 181 Å². The zero-order chi connectivity index (χ0) is 23.1. The van der Waals surface area contributed by atoms with E-state index in [2.05, 4.69) is 10.3 Å². The number of aliphatic hydroxyl groups excluding tert-OH is 1. The molecule has 0 atom stereocenters. The molecule has 1 amide bonds. The molecule has 0 bridgehead atoms. The van der Waals surface area contributed by atoms with Gasteiger partial charge in [0, 0.05) is 18.8 Å². The summed E-state index contributed by atoms with van der Waals surface area (Å²) in [5, 5.41) is 11.5. The molecule has 3 rings (SSSR count). The number of hydrogen-bond acceptors (Lipinski definition) is 5. The number of anilines is 1. The molecule has 10 heteroatoms. The molecule has 3 aromatic rings. The first-order valence-corrected chi connectivity index (χ1v) is 9.45. The average molecular weight is 447 g/mol. The fraction of sp³-hybridized carbons (Fsp3) is 0.182. The van der Waals surface area contributed by atoms with Gasteiger partial charge in [0.15, 0.2) is 34.8 Å². The van der Waals surface area contributed by atoms with Crippen molar-refractivity contribution in [2.24, 2.45) is 0 Å². The number of aliphatic hydroxyl groups is 1. The van der Waals surface area contributed by atoms with Crippen LogP contribution in [0, 0.1) is 17.5 Å². The van der Waals surface area contributed by atoms with Crippen LogP contribution >= 0.6 is 0 Å². The number of methoxy groups -OCH3 is 1. The van der Waals surface area contributed by atoms with Gasteiger partial charge in [0.25, 0.3) is 0 Å². The van der Waals surface area contributed by atoms with Crippen LogP contribution in [0.1, 0.15) is 11.1 Å². The van der Waals surface area contributed by atoms with Crippen molar-refractivity contribution in [1.82, 2.24) is 9.55 Å². The second kappa shape index (κ2) is 10.5. The first-order valence-electron chi connectivity index (χ1n) is 9.45. The molecule has 1 heterocycles. The maximum atomic E-state index is 13.3. The SMILES string of the molecule is COc1ccc(/C=C/C(=O)Nc2cn(Cc3cc(F)c(F)c(F)c3)cn2)cc1OCCO. The number of aromatic nitrogens is 2. The number of carbonyl (C=O) groups is 1. The smallest absolute Gasteiger partial charge is 0.249 e. The molecular formula is C22H20F3N3O4. The van der Waals surface area contributed by atoms with Crippen LogP contribution in [0.4, 0.5) is 19.0 Å². The lowest BCUT2D eigenvalue weighted by Crippen LogP contribution is -2.08. The highest BCUT2D eigenvalue weighted by Crippen LogP contribution is 2.28. The third kappa shape index (κ3) is 5.88. The van der Waals surface area contributed by atoms with Gasteiger partial charge in [-0.15, -0.1) is 0 Å². The quantitative estimate of drug-likeness (QED) is 0.388. The summed E-state index contributed by atoms with van der Waals surface area (Å²) in [6, 6.07) is 6.85. The summed E-state index contributed by atoms with van der Waals surface area (Å²) in [7, 11) is 1.49. The lowest BCUT2D eigenvalue weighted by atomic mass is 10.2. The van der Waals surface area contributed by atoms with Gasteiger partial charge in [0.1, 0.15) is 6.61 Å². The van der Waals surface area contributed by atoms with Crippen LogP contribution in [0.3, 0.4) is 0 Å². The Morgan fingerprint density at radius 2 is 1.94 bits per heavy atom. The third-order valence-corrected chi connectivity index (χ3v) is 4.26. The largest absolute Gasteiger partial charge is 0.493 e. The minimum Gasteiger partial charge on any atom is -0.493 e. The monoisotopic (exact) mass is 447 g/mol. The summed E-state index contributed by atoms with van der Waals surface area (Å²) in [5.41, 5.74) is 0.870. The van der Waals surface area contributed by atoms with E-state index in [0.29, 0.717) is 17.1 Å². The van der Waals surface area contributed by atoms with Crippen molar-refractivity contribution in [3.8, 4) is 11.5 Å². The van der Waals surface area contributed by atoms with Gasteiger partial charge >= 0.3 is 0 Å². The van der Waals surface area contributed by atoms with Gasteiger partial charge in [-0.25, -0.2) is 18.2 Å². The average Bonchev–Trinajstić information content (AvgIpc) is 3.21. The Bertz CT molecular complexity index is 1110. The molecule has 0 saturated carbocycles. The van der Waals surface area contributed by atoms with E-state index in [0.717, 1.165) is 12.1 Å². The summed E-state index contributed by atoms with van der Waals surface area (Å²) >= 11 is 0. The van der Waals surface area contributed by atoms with Gasteiger partial charge in [-0.3, -0.25) is 4.79 Å². The second-order valence-electron chi connectivity index (χ2n) is 6.61. The first-order chi connectivity index (χ1) is 15.4. The number of amides is 1. The Balaban J connectivity index is 1.62. The van der Waals surface area contributed by atoms with E-state index in [4.69, 9.17) is 14.6 Å². The van der Waals surface area contributed by atoms with Crippen molar-refractivity contribution >= 4 is 17.8 Å². The molecule has 7 nitrogen and oxygen atoms in total. The summed E-state index contributed by atoms with van der Waals surface area (Å²) in [4.78, 5) is 16.2. The summed E-state index contributed by atoms with van der Waals surface area (Å²) < 4.78 is 51.8. The van der Waals surface area contributed by atoms with Crippen LogP contribution in [0.5, 0.6) is 11.5 Å². The maximum absolute atomic E-state index is 13.3. The lowest BCUT2D eigenvalue weighted by molar-refractivity contribution is -0.111. The molecule has 0 saturated heterocycles. The van der Waals surface area contributed by atoms with E-state index in [1.807, 2.05) is 0 Å². The van der Waals surface area contributed by atoms with Crippen LogP contribution in [-0.2, 0) is 11.3 Å². The van der Waals surface area contributed by atoms with Gasteiger partial charge in [0.2, 0.25) is 5.91 Å². The van der Waals surface area contributed by atoms with Gasteiger partial charge in [-0.05, 0) is 41.5 Å². The molecule has 0 unspecified atom stereocenters. The zero-order valence-corrected chi connectivity index (χ0v) is 17.0. The van der Waals surface area contributed by atoms with E-state index in [1.54, 1.807) is 24.3 Å². The van der Waals surface area contributed by atoms with Crippen LogP contribution in [0.15, 0.2) is 48.9 Å². The number of carbonyl (C=O) groups excluding carboxylic acids is 1. The molecule has 1 aromatic heterocycles. The van der Waals surface area contributed by atoms with Crippen molar-refractivity contribution in [2.45, 2.75) is 6.54 Å². The molecule has 2 aromatic carbocycles. The summed E-state index contributed by atoms with van der Waals surface area (Å²) in [5.74, 6) is -3.39. The highest BCUT2D eigenvalue weighted by molar-refractivity contribution is 6.01. The molecule has 2 N–H and O–H groups in total. The van der Waals surface area contributed by atoms with Crippen molar-refractivity contribution in [3.05, 3.63) is 77.5 Å². The predicted molar refractivity (Wildman–Crippen MR) is 111 cm³/mol. The predicted octanol–water partition coefficient (Wildman–Crippen LogP) is 3.38. The standard InChI is InChI=1S/C22H20F3N3O4/c1-31-18-4-2-14(10-19(18)32-7-6-29)3-5-21(30)27-20-12-28(13-26-20)11-15-8-16(23)22(25)17(24)9-15/h2-5,8-10,12-13,29H,6-7,11H2,1H3,(H,27,30)/b5-3+. The van der Waals surface area contributed by atoms with Crippen LogP contribution < -0.4 is 14.8 Å².